The summed E-state index contributed by atoms with van der Waals surface area (Å²) in [7, 11) is 0. The second-order valence-electron chi connectivity index (χ2n) is 3.81. The van der Waals surface area contributed by atoms with E-state index < -0.39 is 5.97 Å². The highest BCUT2D eigenvalue weighted by molar-refractivity contribution is 5.70. The molecule has 1 heterocycles. The zero-order chi connectivity index (χ0) is 9.97. The largest absolute Gasteiger partial charge is 0.481 e. The third-order valence-electron chi connectivity index (χ3n) is 2.95. The molecule has 4 nitrogen and oxygen atoms in total. The highest BCUT2D eigenvalue weighted by Gasteiger charge is 2.31. The molecule has 1 aliphatic rings. The molecule has 14 heavy (non-hydrogen) atoms. The van der Waals surface area contributed by atoms with Crippen LogP contribution in [0.3, 0.4) is 0 Å². The minimum Gasteiger partial charge on any atom is -0.481 e. The van der Waals surface area contributed by atoms with Gasteiger partial charge in [0.15, 0.2) is 0 Å². The standard InChI is InChI=1S/C10H14N2O2/c13-10(14)8-3-1-2-4-9(8)12-6-5-11-7-12/h5-9H,1-4H2,(H,13,14). The highest BCUT2D eigenvalue weighted by Crippen LogP contribution is 2.33. The number of hydrogen-bond acceptors (Lipinski definition) is 2. The summed E-state index contributed by atoms with van der Waals surface area (Å²) < 4.78 is 1.93. The van der Waals surface area contributed by atoms with Gasteiger partial charge >= 0.3 is 5.97 Å². The molecule has 1 fully saturated rings. The van der Waals surface area contributed by atoms with E-state index in [0.29, 0.717) is 0 Å². The van der Waals surface area contributed by atoms with Crippen LogP contribution < -0.4 is 0 Å². The van der Waals surface area contributed by atoms with Gasteiger partial charge in [0.25, 0.3) is 0 Å². The molecule has 1 aromatic heterocycles. The van der Waals surface area contributed by atoms with E-state index in [2.05, 4.69) is 4.98 Å². The molecule has 0 aromatic carbocycles. The Kier molecular flexibility index (Phi) is 2.52. The van der Waals surface area contributed by atoms with Crippen molar-refractivity contribution >= 4 is 5.97 Å². The maximum atomic E-state index is 11.0. The van der Waals surface area contributed by atoms with Gasteiger partial charge in [-0.1, -0.05) is 12.8 Å². The first-order chi connectivity index (χ1) is 6.79. The van der Waals surface area contributed by atoms with E-state index in [1.165, 1.54) is 0 Å². The summed E-state index contributed by atoms with van der Waals surface area (Å²) >= 11 is 0. The summed E-state index contributed by atoms with van der Waals surface area (Å²) in [6.07, 6.45) is 9.16. The van der Waals surface area contributed by atoms with E-state index in [1.807, 2.05) is 10.8 Å². The molecule has 0 aliphatic heterocycles. The van der Waals surface area contributed by atoms with Crippen molar-refractivity contribution in [2.75, 3.05) is 0 Å². The van der Waals surface area contributed by atoms with Crippen molar-refractivity contribution < 1.29 is 9.90 Å². The molecule has 1 aliphatic carbocycles. The minimum absolute atomic E-state index is 0.101. The fourth-order valence-corrected chi connectivity index (χ4v) is 2.22. The summed E-state index contributed by atoms with van der Waals surface area (Å²) in [5.74, 6) is -0.915. The van der Waals surface area contributed by atoms with Crippen LogP contribution >= 0.6 is 0 Å². The Labute approximate surface area is 82.6 Å². The topological polar surface area (TPSA) is 55.1 Å². The van der Waals surface area contributed by atoms with Gasteiger partial charge in [0.1, 0.15) is 0 Å². The summed E-state index contributed by atoms with van der Waals surface area (Å²) in [5.41, 5.74) is 0. The third-order valence-corrected chi connectivity index (χ3v) is 2.95. The Hall–Kier alpha value is -1.32. The fourth-order valence-electron chi connectivity index (χ4n) is 2.22. The van der Waals surface area contributed by atoms with Crippen LogP contribution in [0.5, 0.6) is 0 Å². The molecule has 1 aromatic rings. The van der Waals surface area contributed by atoms with Gasteiger partial charge in [-0.3, -0.25) is 4.79 Å². The average molecular weight is 194 g/mol. The molecule has 2 atom stereocenters. The van der Waals surface area contributed by atoms with Crippen LogP contribution in [0.25, 0.3) is 0 Å². The van der Waals surface area contributed by atoms with Crippen molar-refractivity contribution in [2.45, 2.75) is 31.7 Å². The van der Waals surface area contributed by atoms with Crippen LogP contribution in [0.15, 0.2) is 18.7 Å². The first-order valence-corrected chi connectivity index (χ1v) is 4.99. The molecule has 0 saturated heterocycles. The number of carboxylic acid groups (broad SMARTS) is 1. The lowest BCUT2D eigenvalue weighted by Gasteiger charge is -2.29. The third kappa shape index (κ3) is 1.64. The summed E-state index contributed by atoms with van der Waals surface area (Å²) in [6, 6.07) is 0.101. The molecular formula is C10H14N2O2. The number of hydrogen-bond donors (Lipinski definition) is 1. The molecule has 1 N–H and O–H groups in total. The van der Waals surface area contributed by atoms with Crippen LogP contribution in [-0.2, 0) is 4.79 Å². The van der Waals surface area contributed by atoms with E-state index in [9.17, 15) is 4.79 Å². The molecular weight excluding hydrogens is 180 g/mol. The molecule has 0 radical (unpaired) electrons. The Morgan fingerprint density at radius 1 is 1.43 bits per heavy atom. The van der Waals surface area contributed by atoms with Crippen LogP contribution in [0.2, 0.25) is 0 Å². The molecule has 76 valence electrons. The number of nitrogens with zero attached hydrogens (tertiary/aromatic N) is 2. The number of carboxylic acids is 1. The lowest BCUT2D eigenvalue weighted by molar-refractivity contribution is -0.144. The van der Waals surface area contributed by atoms with Gasteiger partial charge in [0.2, 0.25) is 0 Å². The molecule has 0 bridgehead atoms. The second kappa shape index (κ2) is 3.82. The van der Waals surface area contributed by atoms with Gasteiger partial charge in [0, 0.05) is 18.4 Å². The van der Waals surface area contributed by atoms with Crippen molar-refractivity contribution in [3.05, 3.63) is 18.7 Å². The number of imidazole rings is 1. The predicted molar refractivity (Wildman–Crippen MR) is 50.9 cm³/mol. The SMILES string of the molecule is O=C(O)C1CCCCC1n1ccnc1. The van der Waals surface area contributed by atoms with Crippen LogP contribution in [0.4, 0.5) is 0 Å². The minimum atomic E-state index is -0.677. The van der Waals surface area contributed by atoms with Gasteiger partial charge < -0.3 is 9.67 Å². The maximum Gasteiger partial charge on any atom is 0.308 e. The zero-order valence-electron chi connectivity index (χ0n) is 7.97. The monoisotopic (exact) mass is 194 g/mol. The van der Waals surface area contributed by atoms with Crippen molar-refractivity contribution in [3.8, 4) is 0 Å². The molecule has 0 spiro atoms. The summed E-state index contributed by atoms with van der Waals surface area (Å²) in [6.45, 7) is 0. The van der Waals surface area contributed by atoms with Crippen LogP contribution in [0.1, 0.15) is 31.7 Å². The fraction of sp³-hybridized carbons (Fsp3) is 0.600. The average Bonchev–Trinajstić information content (AvgIpc) is 2.70. The Morgan fingerprint density at radius 3 is 2.86 bits per heavy atom. The van der Waals surface area contributed by atoms with Gasteiger partial charge in [-0.2, -0.15) is 0 Å². The van der Waals surface area contributed by atoms with Crippen molar-refractivity contribution in [2.24, 2.45) is 5.92 Å². The summed E-state index contributed by atoms with van der Waals surface area (Å²) in [5, 5.41) is 9.07. The number of rotatable bonds is 2. The number of aromatic nitrogens is 2. The van der Waals surface area contributed by atoms with Gasteiger partial charge in [-0.05, 0) is 12.8 Å². The van der Waals surface area contributed by atoms with Crippen molar-refractivity contribution in [3.63, 3.8) is 0 Å². The normalized spacial score (nSPS) is 27.4. The second-order valence-corrected chi connectivity index (χ2v) is 3.81. The molecule has 4 heteroatoms. The van der Waals surface area contributed by atoms with E-state index in [1.54, 1.807) is 12.5 Å². The van der Waals surface area contributed by atoms with Gasteiger partial charge in [-0.15, -0.1) is 0 Å². The van der Waals surface area contributed by atoms with Crippen molar-refractivity contribution in [1.29, 1.82) is 0 Å². The Balaban J connectivity index is 2.18. The molecule has 2 rings (SSSR count). The van der Waals surface area contributed by atoms with Crippen LogP contribution in [0, 0.1) is 5.92 Å². The first-order valence-electron chi connectivity index (χ1n) is 4.99. The molecule has 1 saturated carbocycles. The van der Waals surface area contributed by atoms with E-state index in [-0.39, 0.29) is 12.0 Å². The Bertz CT molecular complexity index is 308. The van der Waals surface area contributed by atoms with Gasteiger partial charge in [0.05, 0.1) is 12.2 Å². The zero-order valence-corrected chi connectivity index (χ0v) is 7.97. The van der Waals surface area contributed by atoms with Crippen LogP contribution in [-0.4, -0.2) is 20.6 Å². The van der Waals surface area contributed by atoms with E-state index in [0.717, 1.165) is 25.7 Å². The summed E-state index contributed by atoms with van der Waals surface area (Å²) in [4.78, 5) is 15.0. The molecule has 2 unspecified atom stereocenters. The lowest BCUT2D eigenvalue weighted by Crippen LogP contribution is -2.28. The van der Waals surface area contributed by atoms with E-state index >= 15 is 0 Å². The maximum absolute atomic E-state index is 11.0. The van der Waals surface area contributed by atoms with Crippen molar-refractivity contribution in [1.82, 2.24) is 9.55 Å². The number of carbonyl (C=O) groups is 1. The van der Waals surface area contributed by atoms with E-state index in [4.69, 9.17) is 5.11 Å². The van der Waals surface area contributed by atoms with Gasteiger partial charge in [-0.25, -0.2) is 4.98 Å². The molecule has 0 amide bonds. The smallest absolute Gasteiger partial charge is 0.308 e. The highest BCUT2D eigenvalue weighted by atomic mass is 16.4. The lowest BCUT2D eigenvalue weighted by atomic mass is 9.84. The predicted octanol–water partition coefficient (Wildman–Crippen LogP) is 1.70. The Morgan fingerprint density at radius 2 is 2.21 bits per heavy atom. The number of aliphatic carboxylic acids is 1. The first kappa shape index (κ1) is 9.24. The quantitative estimate of drug-likeness (QED) is 0.779.